The van der Waals surface area contributed by atoms with Gasteiger partial charge in [-0.1, -0.05) is 0 Å². The summed E-state index contributed by atoms with van der Waals surface area (Å²) in [7, 11) is -6.90. The third-order valence-corrected chi connectivity index (χ3v) is 2.34. The monoisotopic (exact) mass is 300 g/mol. The Labute approximate surface area is 113 Å². The van der Waals surface area contributed by atoms with E-state index in [1.165, 1.54) is 0 Å². The van der Waals surface area contributed by atoms with Crippen LogP contribution < -0.4 is 29.6 Å². The molecule has 0 aliphatic heterocycles. The summed E-state index contributed by atoms with van der Waals surface area (Å²) in [6, 6.07) is 0. The fraction of sp³-hybridized carbons (Fsp3) is 0.750. The zero-order valence-corrected chi connectivity index (χ0v) is 10.6. The maximum Gasteiger partial charge on any atom is 1.00 e. The molecule has 13 heteroatoms. The van der Waals surface area contributed by atoms with Crippen LogP contribution in [0.4, 0.5) is 26.3 Å². The van der Waals surface area contributed by atoms with E-state index in [1.807, 2.05) is 0 Å². The third kappa shape index (κ3) is 2.86. The Morgan fingerprint density at radius 2 is 1.35 bits per heavy atom. The van der Waals surface area contributed by atoms with Crippen molar-refractivity contribution in [1.29, 1.82) is 0 Å². The summed E-state index contributed by atoms with van der Waals surface area (Å²) in [5.74, 6) is -3.79. The molecule has 0 saturated carbocycles. The van der Waals surface area contributed by atoms with Crippen LogP contribution in [0.25, 0.3) is 0 Å². The van der Waals surface area contributed by atoms with Crippen LogP contribution in [0.15, 0.2) is 0 Å². The summed E-state index contributed by atoms with van der Waals surface area (Å²) in [6.45, 7) is 0. The minimum Gasteiger partial charge on any atom is -1.00 e. The van der Waals surface area contributed by atoms with Crippen molar-refractivity contribution in [3.8, 4) is 0 Å². The molecule has 0 amide bonds. The number of hydrogen-bond acceptors (Lipinski definition) is 3. The van der Waals surface area contributed by atoms with E-state index in [-0.39, 0.29) is 31.0 Å². The van der Waals surface area contributed by atoms with Crippen molar-refractivity contribution in [3.63, 3.8) is 0 Å². The molecule has 0 aromatic carbocycles. The Morgan fingerprint density at radius 3 is 1.41 bits per heavy atom. The average Bonchev–Trinajstić information content (AvgIpc) is 1.97. The molecule has 17 heavy (non-hydrogen) atoms. The summed E-state index contributed by atoms with van der Waals surface area (Å²) in [6.07, 6.45) is -6.74. The summed E-state index contributed by atoms with van der Waals surface area (Å²) in [5, 5.41) is 1.15. The van der Waals surface area contributed by atoms with Gasteiger partial charge < -0.3 is 6.53 Å². The van der Waals surface area contributed by atoms with Crippen molar-refractivity contribution in [3.05, 3.63) is 0 Å². The van der Waals surface area contributed by atoms with E-state index < -0.39 is 33.2 Å². The van der Waals surface area contributed by atoms with Gasteiger partial charge in [-0.05, 0) is 0 Å². The molecule has 0 fully saturated rings. The van der Waals surface area contributed by atoms with Gasteiger partial charge in [0.2, 0.25) is 0 Å². The zero-order chi connectivity index (χ0) is 13.6. The molecule has 0 bridgehead atoms. The van der Waals surface area contributed by atoms with Gasteiger partial charge >= 0.3 is 62.7 Å². The number of hydrogen-bond donors (Lipinski definition) is 2. The molecule has 0 aromatic heterocycles. The van der Waals surface area contributed by atoms with Crippen molar-refractivity contribution in [2.24, 2.45) is 0 Å². The fourth-order valence-corrected chi connectivity index (χ4v) is 1.15. The topological polar surface area (TPSA) is 91.7 Å². The van der Waals surface area contributed by atoms with Crippen molar-refractivity contribution < 1.29 is 80.2 Å². The van der Waals surface area contributed by atoms with Gasteiger partial charge in [0.05, 0.1) is 0 Å². The van der Waals surface area contributed by atoms with Gasteiger partial charge in [-0.15, -0.1) is 0 Å². The summed E-state index contributed by atoms with van der Waals surface area (Å²) in [5.41, 5.74) is -6.44. The molecule has 1 unspecified atom stereocenters. The average molecular weight is 300 g/mol. The molecule has 98 valence electrons. The van der Waals surface area contributed by atoms with E-state index in [1.54, 1.807) is 0 Å². The van der Waals surface area contributed by atoms with E-state index in [2.05, 4.69) is 0 Å². The molecule has 2 N–H and O–H groups in total. The number of rotatable bonds is 3. The first-order valence-corrected chi connectivity index (χ1v) is 4.47. The van der Waals surface area contributed by atoms with E-state index >= 15 is 0 Å². The van der Waals surface area contributed by atoms with Gasteiger partial charge in [-0.2, -0.15) is 30.4 Å². The second-order valence-electron chi connectivity index (χ2n) is 2.45. The second kappa shape index (κ2) is 4.91. The molecular weight excluding hydrogens is 297 g/mol. The third-order valence-electron chi connectivity index (χ3n) is 1.41. The van der Waals surface area contributed by atoms with Crippen molar-refractivity contribution in [1.82, 2.24) is 0 Å². The van der Waals surface area contributed by atoms with E-state index in [9.17, 15) is 39.6 Å². The predicted octanol–water partition coefficient (Wildman–Crippen LogP) is -2.06. The normalized spacial score (nSPS) is 16.9. The fourth-order valence-electron chi connectivity index (χ4n) is 0.588. The Hall–Kier alpha value is -0.0400. The first kappa shape index (κ1) is 19.3. The van der Waals surface area contributed by atoms with Crippen molar-refractivity contribution in [2.75, 3.05) is 0 Å². The summed E-state index contributed by atoms with van der Waals surface area (Å²) >= 11 is 0. The standard InChI is InChI=1S/C4H2F6O5S.Na.H/c5-2(1(11)12,3(6,7)8)4(9,10)16(13,14)15;;/h(H,11,12)(H,13,14,15);;/q;+1;-1. The van der Waals surface area contributed by atoms with Crippen molar-refractivity contribution >= 4 is 16.1 Å². The Bertz CT molecular complexity index is 409. The largest absolute Gasteiger partial charge is 1.00 e. The van der Waals surface area contributed by atoms with Gasteiger partial charge in [0.1, 0.15) is 0 Å². The van der Waals surface area contributed by atoms with Gasteiger partial charge in [0.25, 0.3) is 0 Å². The van der Waals surface area contributed by atoms with Crippen LogP contribution in [0.2, 0.25) is 0 Å². The number of alkyl halides is 6. The summed E-state index contributed by atoms with van der Waals surface area (Å²) < 4.78 is 100. The molecule has 0 spiro atoms. The molecule has 5 nitrogen and oxygen atoms in total. The number of carboxylic acids is 1. The van der Waals surface area contributed by atoms with E-state index in [0.29, 0.717) is 0 Å². The zero-order valence-electron chi connectivity index (χ0n) is 8.80. The minimum atomic E-state index is -6.90. The smallest absolute Gasteiger partial charge is 1.00 e. The Balaban J connectivity index is -0.00000112. The number of carbonyl (C=O) groups is 1. The second-order valence-corrected chi connectivity index (χ2v) is 3.92. The molecule has 0 aliphatic rings. The van der Waals surface area contributed by atoms with Crippen molar-refractivity contribution in [2.45, 2.75) is 17.1 Å². The van der Waals surface area contributed by atoms with Crippen LogP contribution >= 0.6 is 0 Å². The molecule has 0 radical (unpaired) electrons. The van der Waals surface area contributed by atoms with Crippen LogP contribution in [-0.4, -0.2) is 41.1 Å². The molecule has 1 atom stereocenters. The maximum atomic E-state index is 12.7. The molecule has 0 saturated heterocycles. The maximum absolute atomic E-state index is 12.7. The quantitative estimate of drug-likeness (QED) is 0.355. The molecule has 0 aromatic rings. The predicted molar refractivity (Wildman–Crippen MR) is 35.1 cm³/mol. The van der Waals surface area contributed by atoms with Gasteiger partial charge in [-0.3, -0.25) is 4.55 Å². The SMILES string of the molecule is O=C(O)C(F)(C(F)(F)F)C(F)(F)S(=O)(=O)O.[H-].[Na+]. The van der Waals surface area contributed by atoms with Gasteiger partial charge in [0.15, 0.2) is 0 Å². The van der Waals surface area contributed by atoms with E-state index in [0.717, 1.165) is 0 Å². The Kier molecular flexibility index (Phi) is 5.58. The molecule has 0 heterocycles. The molecular formula is C4H3F6NaO5S. The number of halogens is 6. The summed E-state index contributed by atoms with van der Waals surface area (Å²) in [4.78, 5) is 9.81. The van der Waals surface area contributed by atoms with Crippen LogP contribution in [0.5, 0.6) is 0 Å². The molecule has 0 rings (SSSR count). The van der Waals surface area contributed by atoms with Gasteiger partial charge in [0, 0.05) is 0 Å². The number of aliphatic carboxylic acids is 1. The Morgan fingerprint density at radius 1 is 1.06 bits per heavy atom. The van der Waals surface area contributed by atoms with Crippen LogP contribution in [0, 0.1) is 0 Å². The minimum absolute atomic E-state index is 0. The van der Waals surface area contributed by atoms with Gasteiger partial charge in [-0.25, -0.2) is 9.18 Å². The first-order valence-electron chi connectivity index (χ1n) is 3.03. The van der Waals surface area contributed by atoms with Crippen LogP contribution in [0.1, 0.15) is 1.43 Å². The van der Waals surface area contributed by atoms with Crippen LogP contribution in [0.3, 0.4) is 0 Å². The number of carboxylic acid groups (broad SMARTS) is 1. The van der Waals surface area contributed by atoms with E-state index in [4.69, 9.17) is 9.66 Å². The first-order chi connectivity index (χ1) is 6.69. The molecule has 0 aliphatic carbocycles. The van der Waals surface area contributed by atoms with Crippen LogP contribution in [-0.2, 0) is 14.9 Å².